The molecule has 0 spiro atoms. The molecule has 2 aromatic carbocycles. The molecule has 3 nitrogen and oxygen atoms in total. The van der Waals surface area contributed by atoms with Gasteiger partial charge >= 0.3 is 0 Å². The van der Waals surface area contributed by atoms with Gasteiger partial charge in [0.15, 0.2) is 11.5 Å². The molecule has 0 bridgehead atoms. The van der Waals surface area contributed by atoms with Crippen LogP contribution in [0.15, 0.2) is 40.9 Å². The smallest absolute Gasteiger partial charge is 0.231 e. The van der Waals surface area contributed by atoms with Crippen LogP contribution in [-0.2, 0) is 0 Å². The van der Waals surface area contributed by atoms with Gasteiger partial charge in [-0.05, 0) is 47.7 Å². The van der Waals surface area contributed by atoms with Crippen molar-refractivity contribution in [3.8, 4) is 11.5 Å². The Bertz CT molecular complexity index is 915. The van der Waals surface area contributed by atoms with E-state index in [1.165, 1.54) is 5.56 Å². The summed E-state index contributed by atoms with van der Waals surface area (Å²) in [5.41, 5.74) is 3.29. The van der Waals surface area contributed by atoms with Gasteiger partial charge in [-0.15, -0.1) is 0 Å². The molecular formula is C19H14BrCl2NO2. The van der Waals surface area contributed by atoms with Crippen molar-refractivity contribution in [2.24, 2.45) is 5.92 Å². The minimum Gasteiger partial charge on any atom is -0.454 e. The molecule has 1 aliphatic carbocycles. The van der Waals surface area contributed by atoms with Gasteiger partial charge in [0, 0.05) is 15.4 Å². The van der Waals surface area contributed by atoms with Gasteiger partial charge in [-0.2, -0.15) is 0 Å². The molecule has 3 aliphatic rings. The molecule has 2 aromatic rings. The third-order valence-corrected chi connectivity index (χ3v) is 6.42. The van der Waals surface area contributed by atoms with Crippen molar-refractivity contribution >= 4 is 44.8 Å². The van der Waals surface area contributed by atoms with Gasteiger partial charge in [-0.1, -0.05) is 51.3 Å². The lowest BCUT2D eigenvalue weighted by molar-refractivity contribution is 0.174. The highest BCUT2D eigenvalue weighted by Gasteiger charge is 2.40. The molecule has 5 rings (SSSR count). The zero-order chi connectivity index (χ0) is 17.1. The molecule has 3 atom stereocenters. The second kappa shape index (κ2) is 5.83. The zero-order valence-corrected chi connectivity index (χ0v) is 16.2. The maximum atomic E-state index is 6.50. The normalized spacial score (nSPS) is 25.5. The van der Waals surface area contributed by atoms with Crippen molar-refractivity contribution in [1.29, 1.82) is 0 Å². The predicted molar refractivity (Wildman–Crippen MR) is 103 cm³/mol. The van der Waals surface area contributed by atoms with Gasteiger partial charge < -0.3 is 14.8 Å². The average Bonchev–Trinajstić information content (AvgIpc) is 3.22. The van der Waals surface area contributed by atoms with Crippen LogP contribution in [-0.4, -0.2) is 6.79 Å². The van der Waals surface area contributed by atoms with E-state index in [2.05, 4.69) is 39.5 Å². The van der Waals surface area contributed by atoms with E-state index in [1.54, 1.807) is 6.07 Å². The lowest BCUT2D eigenvalue weighted by atomic mass is 9.77. The average molecular weight is 439 g/mol. The molecule has 0 fully saturated rings. The summed E-state index contributed by atoms with van der Waals surface area (Å²) in [6, 6.07) is 7.98. The summed E-state index contributed by atoms with van der Waals surface area (Å²) in [6.07, 6.45) is 5.52. The summed E-state index contributed by atoms with van der Waals surface area (Å²) < 4.78 is 12.1. The van der Waals surface area contributed by atoms with E-state index in [0.717, 1.165) is 33.6 Å². The van der Waals surface area contributed by atoms with Crippen LogP contribution in [0.2, 0.25) is 10.0 Å². The van der Waals surface area contributed by atoms with Gasteiger partial charge in [-0.3, -0.25) is 0 Å². The highest BCUT2D eigenvalue weighted by molar-refractivity contribution is 9.10. The SMILES string of the molecule is Clc1cc(Cl)c2c(c1)[C@@H]1C=CC[C@@H]1[C@H](c1cc3c(cc1Br)OCO3)N2. The molecule has 0 aromatic heterocycles. The predicted octanol–water partition coefficient (Wildman–Crippen LogP) is 6.31. The molecule has 0 unspecified atom stereocenters. The molecule has 128 valence electrons. The molecule has 0 radical (unpaired) electrons. The number of fused-ring (bicyclic) bond motifs is 4. The van der Waals surface area contributed by atoms with Gasteiger partial charge in [0.2, 0.25) is 6.79 Å². The number of halogens is 3. The van der Waals surface area contributed by atoms with E-state index in [-0.39, 0.29) is 12.8 Å². The van der Waals surface area contributed by atoms with Crippen molar-refractivity contribution in [1.82, 2.24) is 0 Å². The van der Waals surface area contributed by atoms with Crippen molar-refractivity contribution in [2.75, 3.05) is 12.1 Å². The molecule has 0 saturated carbocycles. The molecule has 0 saturated heterocycles. The Morgan fingerprint density at radius 1 is 1.04 bits per heavy atom. The molecule has 2 heterocycles. The van der Waals surface area contributed by atoms with Gasteiger partial charge in [0.25, 0.3) is 0 Å². The molecule has 25 heavy (non-hydrogen) atoms. The second-order valence-electron chi connectivity index (χ2n) is 6.55. The Hall–Kier alpha value is -1.36. The number of nitrogens with one attached hydrogen (secondary N) is 1. The Morgan fingerprint density at radius 3 is 2.68 bits per heavy atom. The van der Waals surface area contributed by atoms with E-state index < -0.39 is 0 Å². The zero-order valence-electron chi connectivity index (χ0n) is 13.1. The number of hydrogen-bond donors (Lipinski definition) is 1. The number of rotatable bonds is 1. The van der Waals surface area contributed by atoms with Crippen LogP contribution in [0, 0.1) is 5.92 Å². The van der Waals surface area contributed by atoms with Crippen LogP contribution in [0.3, 0.4) is 0 Å². The molecule has 0 amide bonds. The fraction of sp³-hybridized carbons (Fsp3) is 0.263. The van der Waals surface area contributed by atoms with E-state index in [1.807, 2.05) is 12.1 Å². The highest BCUT2D eigenvalue weighted by atomic mass is 79.9. The number of ether oxygens (including phenoxy) is 2. The van der Waals surface area contributed by atoms with Gasteiger partial charge in [-0.25, -0.2) is 0 Å². The first-order valence-electron chi connectivity index (χ1n) is 8.13. The fourth-order valence-corrected chi connectivity index (χ4v) is 5.23. The highest BCUT2D eigenvalue weighted by Crippen LogP contribution is 2.54. The minimum absolute atomic E-state index is 0.120. The number of allylic oxidation sites excluding steroid dienone is 2. The van der Waals surface area contributed by atoms with Gasteiger partial charge in [0.1, 0.15) is 0 Å². The first kappa shape index (κ1) is 15.9. The quantitative estimate of drug-likeness (QED) is 0.529. The Balaban J connectivity index is 1.64. The molecule has 6 heteroatoms. The van der Waals surface area contributed by atoms with E-state index >= 15 is 0 Å². The number of anilines is 1. The van der Waals surface area contributed by atoms with E-state index in [9.17, 15) is 0 Å². The summed E-state index contributed by atoms with van der Waals surface area (Å²) in [4.78, 5) is 0. The fourth-order valence-electron chi connectivity index (χ4n) is 4.10. The summed E-state index contributed by atoms with van der Waals surface area (Å²) in [7, 11) is 0. The molecular weight excluding hydrogens is 425 g/mol. The lowest BCUT2D eigenvalue weighted by Gasteiger charge is -2.38. The van der Waals surface area contributed by atoms with Crippen LogP contribution < -0.4 is 14.8 Å². The maximum absolute atomic E-state index is 6.50. The monoisotopic (exact) mass is 437 g/mol. The summed E-state index contributed by atoms with van der Waals surface area (Å²) in [6.45, 7) is 0.268. The van der Waals surface area contributed by atoms with Crippen molar-refractivity contribution in [3.63, 3.8) is 0 Å². The van der Waals surface area contributed by atoms with Crippen LogP contribution in [0.4, 0.5) is 5.69 Å². The Kier molecular flexibility index (Phi) is 3.70. The van der Waals surface area contributed by atoms with Crippen molar-refractivity contribution in [2.45, 2.75) is 18.4 Å². The van der Waals surface area contributed by atoms with E-state index in [4.69, 9.17) is 32.7 Å². The van der Waals surface area contributed by atoms with Crippen molar-refractivity contribution in [3.05, 3.63) is 62.1 Å². The lowest BCUT2D eigenvalue weighted by Crippen LogP contribution is -2.29. The van der Waals surface area contributed by atoms with E-state index in [0.29, 0.717) is 21.9 Å². The summed E-state index contributed by atoms with van der Waals surface area (Å²) in [5.74, 6) is 2.27. The Labute approximate surface area is 164 Å². The summed E-state index contributed by atoms with van der Waals surface area (Å²) >= 11 is 16.4. The van der Waals surface area contributed by atoms with Crippen molar-refractivity contribution < 1.29 is 9.47 Å². The van der Waals surface area contributed by atoms with Crippen LogP contribution in [0.1, 0.15) is 29.5 Å². The molecule has 1 N–H and O–H groups in total. The number of hydrogen-bond acceptors (Lipinski definition) is 3. The van der Waals surface area contributed by atoms with Crippen LogP contribution >= 0.6 is 39.1 Å². The third kappa shape index (κ3) is 2.46. The van der Waals surface area contributed by atoms with Gasteiger partial charge in [0.05, 0.1) is 16.8 Å². The van der Waals surface area contributed by atoms with Crippen LogP contribution in [0.25, 0.3) is 0 Å². The number of benzene rings is 2. The Morgan fingerprint density at radius 2 is 1.84 bits per heavy atom. The first-order valence-corrected chi connectivity index (χ1v) is 9.68. The largest absolute Gasteiger partial charge is 0.454 e. The minimum atomic E-state index is 0.120. The summed E-state index contributed by atoms with van der Waals surface area (Å²) in [5, 5.41) is 4.98. The topological polar surface area (TPSA) is 30.5 Å². The second-order valence-corrected chi connectivity index (χ2v) is 8.25. The third-order valence-electron chi connectivity index (χ3n) is 5.21. The molecule has 2 aliphatic heterocycles. The first-order chi connectivity index (χ1) is 12.1. The standard InChI is InChI=1S/C19H14BrCl2NO2/c20-14-7-17-16(24-8-25-17)6-13(14)18-11-3-1-2-10(11)12-4-9(21)5-15(22)19(12)23-18/h1-2,4-7,10-11,18,23H,3,8H2/t10-,11+,18-/m1/s1. The maximum Gasteiger partial charge on any atom is 0.231 e. The van der Waals surface area contributed by atoms with Crippen LogP contribution in [0.5, 0.6) is 11.5 Å².